The predicted octanol–water partition coefficient (Wildman–Crippen LogP) is 1.42. The summed E-state index contributed by atoms with van der Waals surface area (Å²) in [6.45, 7) is 3.95. The summed E-state index contributed by atoms with van der Waals surface area (Å²) in [4.78, 5) is 4.21. The van der Waals surface area contributed by atoms with Gasteiger partial charge in [0.05, 0.1) is 6.10 Å². The molecule has 1 saturated heterocycles. The van der Waals surface area contributed by atoms with Crippen molar-refractivity contribution < 1.29 is 5.11 Å². The van der Waals surface area contributed by atoms with Crippen molar-refractivity contribution in [2.75, 3.05) is 13.1 Å². The van der Waals surface area contributed by atoms with Gasteiger partial charge in [-0.3, -0.25) is 4.98 Å². The molecule has 0 saturated carbocycles. The van der Waals surface area contributed by atoms with Crippen molar-refractivity contribution in [1.82, 2.24) is 10.3 Å². The van der Waals surface area contributed by atoms with Crippen LogP contribution in [0.25, 0.3) is 0 Å². The molecule has 2 heterocycles. The largest absolute Gasteiger partial charge is 0.388 e. The first kappa shape index (κ1) is 10.6. The van der Waals surface area contributed by atoms with Crippen LogP contribution in [0.1, 0.15) is 30.2 Å². The van der Waals surface area contributed by atoms with Gasteiger partial charge in [-0.25, -0.2) is 0 Å². The molecule has 2 rings (SSSR count). The minimum absolute atomic E-state index is 0.336. The standard InChI is InChI=1S/C12H18N2O/c1-9-4-5-11(8-14-9)12(15)10-3-2-6-13-7-10/h4-5,8,10,12-13,15H,2-3,6-7H2,1H3. The molecule has 0 spiro atoms. The highest BCUT2D eigenvalue weighted by molar-refractivity contribution is 5.16. The van der Waals surface area contributed by atoms with E-state index in [0.717, 1.165) is 37.2 Å². The molecule has 3 heteroatoms. The second-order valence-electron chi connectivity index (χ2n) is 4.28. The minimum atomic E-state index is -0.370. The van der Waals surface area contributed by atoms with Crippen LogP contribution in [0, 0.1) is 12.8 Å². The summed E-state index contributed by atoms with van der Waals surface area (Å²) in [7, 11) is 0. The Kier molecular flexibility index (Phi) is 3.34. The van der Waals surface area contributed by atoms with Gasteiger partial charge >= 0.3 is 0 Å². The smallest absolute Gasteiger partial charge is 0.0845 e. The topological polar surface area (TPSA) is 45.1 Å². The molecule has 0 aromatic carbocycles. The maximum atomic E-state index is 10.2. The maximum Gasteiger partial charge on any atom is 0.0845 e. The van der Waals surface area contributed by atoms with E-state index in [2.05, 4.69) is 10.3 Å². The van der Waals surface area contributed by atoms with Crippen molar-refractivity contribution in [2.24, 2.45) is 5.92 Å². The molecular weight excluding hydrogens is 188 g/mol. The van der Waals surface area contributed by atoms with Gasteiger partial charge in [-0.15, -0.1) is 0 Å². The van der Waals surface area contributed by atoms with Crippen molar-refractivity contribution >= 4 is 0 Å². The highest BCUT2D eigenvalue weighted by atomic mass is 16.3. The molecule has 1 fully saturated rings. The van der Waals surface area contributed by atoms with Gasteiger partial charge in [0.25, 0.3) is 0 Å². The number of rotatable bonds is 2. The van der Waals surface area contributed by atoms with E-state index in [1.54, 1.807) is 6.20 Å². The van der Waals surface area contributed by atoms with Crippen molar-refractivity contribution in [3.05, 3.63) is 29.6 Å². The van der Waals surface area contributed by atoms with Crippen molar-refractivity contribution in [1.29, 1.82) is 0 Å². The Balaban J connectivity index is 2.05. The molecule has 0 bridgehead atoms. The van der Waals surface area contributed by atoms with Gasteiger partial charge in [-0.1, -0.05) is 6.07 Å². The number of pyridine rings is 1. The first-order chi connectivity index (χ1) is 7.27. The third-order valence-electron chi connectivity index (χ3n) is 3.06. The summed E-state index contributed by atoms with van der Waals surface area (Å²) < 4.78 is 0. The molecule has 2 atom stereocenters. The van der Waals surface area contributed by atoms with Crippen molar-refractivity contribution in [3.63, 3.8) is 0 Å². The van der Waals surface area contributed by atoms with Crippen LogP contribution in [0.3, 0.4) is 0 Å². The molecule has 1 aromatic rings. The van der Waals surface area contributed by atoms with E-state index in [0.29, 0.717) is 5.92 Å². The fourth-order valence-corrected chi connectivity index (χ4v) is 2.07. The fourth-order valence-electron chi connectivity index (χ4n) is 2.07. The quantitative estimate of drug-likeness (QED) is 0.769. The third-order valence-corrected chi connectivity index (χ3v) is 3.06. The number of aliphatic hydroxyl groups is 1. The summed E-state index contributed by atoms with van der Waals surface area (Å²) >= 11 is 0. The van der Waals surface area contributed by atoms with Crippen LogP contribution in [-0.4, -0.2) is 23.2 Å². The third kappa shape index (κ3) is 2.55. The summed E-state index contributed by atoms with van der Waals surface area (Å²) in [6.07, 6.45) is 3.67. The lowest BCUT2D eigenvalue weighted by Crippen LogP contribution is -2.33. The lowest BCUT2D eigenvalue weighted by molar-refractivity contribution is 0.0918. The van der Waals surface area contributed by atoms with Crippen LogP contribution in [0.4, 0.5) is 0 Å². The van der Waals surface area contributed by atoms with Crippen LogP contribution in [-0.2, 0) is 0 Å². The molecule has 0 amide bonds. The Morgan fingerprint density at radius 2 is 2.40 bits per heavy atom. The molecule has 3 nitrogen and oxygen atoms in total. The molecule has 0 aliphatic carbocycles. The highest BCUT2D eigenvalue weighted by Crippen LogP contribution is 2.26. The zero-order valence-corrected chi connectivity index (χ0v) is 9.11. The number of aryl methyl sites for hydroxylation is 1. The molecule has 1 aliphatic heterocycles. The number of hydrogen-bond donors (Lipinski definition) is 2. The zero-order valence-electron chi connectivity index (χ0n) is 9.11. The van der Waals surface area contributed by atoms with E-state index >= 15 is 0 Å². The van der Waals surface area contributed by atoms with Gasteiger partial charge in [0.15, 0.2) is 0 Å². The van der Waals surface area contributed by atoms with Gasteiger partial charge in [0, 0.05) is 24.4 Å². The number of aliphatic hydroxyl groups excluding tert-OH is 1. The lowest BCUT2D eigenvalue weighted by Gasteiger charge is -2.27. The molecule has 1 aliphatic rings. The Bertz CT molecular complexity index is 304. The Hall–Kier alpha value is -0.930. The summed E-state index contributed by atoms with van der Waals surface area (Å²) in [5.74, 6) is 0.336. The van der Waals surface area contributed by atoms with Crippen LogP contribution in [0.2, 0.25) is 0 Å². The van der Waals surface area contributed by atoms with E-state index in [1.807, 2.05) is 19.1 Å². The molecule has 15 heavy (non-hydrogen) atoms. The van der Waals surface area contributed by atoms with E-state index in [4.69, 9.17) is 0 Å². The number of aromatic nitrogens is 1. The Labute approximate surface area is 90.5 Å². The van der Waals surface area contributed by atoms with Crippen LogP contribution < -0.4 is 5.32 Å². The van der Waals surface area contributed by atoms with Crippen molar-refractivity contribution in [2.45, 2.75) is 25.9 Å². The molecule has 2 unspecified atom stereocenters. The average molecular weight is 206 g/mol. The van der Waals surface area contributed by atoms with Crippen LogP contribution >= 0.6 is 0 Å². The highest BCUT2D eigenvalue weighted by Gasteiger charge is 2.22. The maximum absolute atomic E-state index is 10.2. The van der Waals surface area contributed by atoms with E-state index in [9.17, 15) is 5.11 Å². The van der Waals surface area contributed by atoms with Crippen LogP contribution in [0.5, 0.6) is 0 Å². The predicted molar refractivity (Wildman–Crippen MR) is 59.5 cm³/mol. The van der Waals surface area contributed by atoms with Gasteiger partial charge in [0.1, 0.15) is 0 Å². The van der Waals surface area contributed by atoms with Gasteiger partial charge in [-0.05, 0) is 37.9 Å². The van der Waals surface area contributed by atoms with Gasteiger partial charge in [-0.2, -0.15) is 0 Å². The van der Waals surface area contributed by atoms with Gasteiger partial charge < -0.3 is 10.4 Å². The summed E-state index contributed by atoms with van der Waals surface area (Å²) in [6, 6.07) is 3.93. The second-order valence-corrected chi connectivity index (χ2v) is 4.28. The summed E-state index contributed by atoms with van der Waals surface area (Å²) in [5.41, 5.74) is 1.93. The number of nitrogens with zero attached hydrogens (tertiary/aromatic N) is 1. The monoisotopic (exact) mass is 206 g/mol. The van der Waals surface area contributed by atoms with E-state index in [1.165, 1.54) is 0 Å². The Morgan fingerprint density at radius 1 is 1.53 bits per heavy atom. The number of piperidine rings is 1. The molecule has 2 N–H and O–H groups in total. The molecule has 0 radical (unpaired) electrons. The normalized spacial score (nSPS) is 23.7. The van der Waals surface area contributed by atoms with Gasteiger partial charge in [0.2, 0.25) is 0 Å². The summed E-state index contributed by atoms with van der Waals surface area (Å²) in [5, 5.41) is 13.5. The average Bonchev–Trinajstić information content (AvgIpc) is 2.30. The van der Waals surface area contributed by atoms with E-state index < -0.39 is 0 Å². The number of nitrogens with one attached hydrogen (secondary N) is 1. The lowest BCUT2D eigenvalue weighted by atomic mass is 9.90. The second kappa shape index (κ2) is 4.73. The SMILES string of the molecule is Cc1ccc(C(O)C2CCCNC2)cn1. The first-order valence-electron chi connectivity index (χ1n) is 5.58. The minimum Gasteiger partial charge on any atom is -0.388 e. The van der Waals surface area contributed by atoms with E-state index in [-0.39, 0.29) is 6.10 Å². The fraction of sp³-hybridized carbons (Fsp3) is 0.583. The molecule has 1 aromatic heterocycles. The molecule has 82 valence electrons. The zero-order chi connectivity index (χ0) is 10.7. The number of hydrogen-bond acceptors (Lipinski definition) is 3. The Morgan fingerprint density at radius 3 is 3.00 bits per heavy atom. The first-order valence-corrected chi connectivity index (χ1v) is 5.58. The molecular formula is C12H18N2O. The van der Waals surface area contributed by atoms with Crippen molar-refractivity contribution in [3.8, 4) is 0 Å². The van der Waals surface area contributed by atoms with Crippen LogP contribution in [0.15, 0.2) is 18.3 Å².